The SMILES string of the molecule is CC(=O)N1CCc2c(c(N3CCCc4cc(-c5cnn(C)c5)c(C(F)F)cc43)nn2C2CCC3(CC2)CN(CC2CNC2)C3)C1. The predicted molar refractivity (Wildman–Crippen MR) is 169 cm³/mol. The van der Waals surface area contributed by atoms with E-state index in [0.29, 0.717) is 42.2 Å². The van der Waals surface area contributed by atoms with Gasteiger partial charge in [-0.05, 0) is 73.1 Å². The van der Waals surface area contributed by atoms with E-state index in [1.807, 2.05) is 11.0 Å². The fourth-order valence-corrected chi connectivity index (χ4v) is 8.73. The number of hydrogen-bond acceptors (Lipinski definition) is 6. The maximum atomic E-state index is 14.6. The van der Waals surface area contributed by atoms with Crippen LogP contribution in [0.4, 0.5) is 20.3 Å². The van der Waals surface area contributed by atoms with Gasteiger partial charge in [-0.2, -0.15) is 10.2 Å². The molecule has 9 nitrogen and oxygen atoms in total. The minimum Gasteiger partial charge on any atom is -0.338 e. The highest BCUT2D eigenvalue weighted by Crippen LogP contribution is 2.49. The molecule has 1 saturated carbocycles. The molecule has 4 aliphatic heterocycles. The number of amides is 1. The van der Waals surface area contributed by atoms with E-state index in [1.165, 1.54) is 38.2 Å². The lowest BCUT2D eigenvalue weighted by molar-refractivity contribution is -0.129. The molecular formula is C34H44F2N8O. The Hall–Kier alpha value is -3.31. The molecule has 240 valence electrons. The molecule has 6 heterocycles. The number of carbonyl (C=O) groups is 1. The average Bonchev–Trinajstić information content (AvgIpc) is 3.60. The molecule has 3 fully saturated rings. The van der Waals surface area contributed by atoms with Crippen molar-refractivity contribution in [2.45, 2.75) is 70.9 Å². The van der Waals surface area contributed by atoms with E-state index < -0.39 is 6.43 Å². The molecule has 8 rings (SSSR count). The summed E-state index contributed by atoms with van der Waals surface area (Å²) in [4.78, 5) is 19.2. The van der Waals surface area contributed by atoms with E-state index in [1.54, 1.807) is 37.1 Å². The van der Waals surface area contributed by atoms with Gasteiger partial charge in [0.2, 0.25) is 5.91 Å². The van der Waals surface area contributed by atoms with Gasteiger partial charge in [0.25, 0.3) is 6.43 Å². The van der Waals surface area contributed by atoms with E-state index in [0.717, 1.165) is 73.7 Å². The van der Waals surface area contributed by atoms with Crippen LogP contribution in [0.1, 0.15) is 73.9 Å². The smallest absolute Gasteiger partial charge is 0.264 e. The van der Waals surface area contributed by atoms with Crippen LogP contribution in [0.3, 0.4) is 0 Å². The summed E-state index contributed by atoms with van der Waals surface area (Å²) in [6.45, 7) is 9.56. The van der Waals surface area contributed by atoms with Crippen molar-refractivity contribution in [2.75, 3.05) is 50.7 Å². The maximum Gasteiger partial charge on any atom is 0.264 e. The predicted octanol–water partition coefficient (Wildman–Crippen LogP) is 4.85. The number of halogens is 2. The van der Waals surface area contributed by atoms with E-state index in [4.69, 9.17) is 5.10 Å². The second-order valence-corrected chi connectivity index (χ2v) is 14.3. The number of nitrogens with zero attached hydrogens (tertiary/aromatic N) is 7. The highest BCUT2D eigenvalue weighted by Gasteiger charge is 2.46. The molecule has 1 aromatic carbocycles. The summed E-state index contributed by atoms with van der Waals surface area (Å²) in [5.41, 5.74) is 5.91. The molecule has 1 aliphatic carbocycles. The van der Waals surface area contributed by atoms with Crippen molar-refractivity contribution in [3.8, 4) is 11.1 Å². The van der Waals surface area contributed by atoms with Crippen molar-refractivity contribution < 1.29 is 13.6 Å². The van der Waals surface area contributed by atoms with Crippen LogP contribution in [-0.4, -0.2) is 81.1 Å². The van der Waals surface area contributed by atoms with Gasteiger partial charge in [-0.1, -0.05) is 0 Å². The number of hydrogen-bond donors (Lipinski definition) is 1. The van der Waals surface area contributed by atoms with Crippen LogP contribution in [0.2, 0.25) is 0 Å². The highest BCUT2D eigenvalue weighted by atomic mass is 19.3. The number of likely N-dealkylation sites (tertiary alicyclic amines) is 1. The van der Waals surface area contributed by atoms with E-state index in [2.05, 4.69) is 24.9 Å². The number of aromatic nitrogens is 4. The van der Waals surface area contributed by atoms with Crippen LogP contribution in [-0.2, 0) is 31.2 Å². The molecule has 45 heavy (non-hydrogen) atoms. The highest BCUT2D eigenvalue weighted by molar-refractivity contribution is 5.78. The van der Waals surface area contributed by atoms with Gasteiger partial charge in [0.15, 0.2) is 5.82 Å². The first-order valence-electron chi connectivity index (χ1n) is 16.8. The molecule has 11 heteroatoms. The van der Waals surface area contributed by atoms with Crippen molar-refractivity contribution in [1.29, 1.82) is 0 Å². The normalized spacial score (nSPS) is 22.0. The lowest BCUT2D eigenvalue weighted by Crippen LogP contribution is -2.61. The summed E-state index contributed by atoms with van der Waals surface area (Å²) < 4.78 is 33.1. The minimum absolute atomic E-state index is 0.0213. The molecule has 1 amide bonds. The number of aryl methyl sites for hydroxylation is 2. The van der Waals surface area contributed by atoms with E-state index >= 15 is 0 Å². The second-order valence-electron chi connectivity index (χ2n) is 14.3. The fraction of sp³-hybridized carbons (Fsp3) is 0.618. The van der Waals surface area contributed by atoms with Crippen molar-refractivity contribution in [1.82, 2.24) is 34.7 Å². The van der Waals surface area contributed by atoms with Crippen LogP contribution < -0.4 is 10.2 Å². The van der Waals surface area contributed by atoms with Crippen LogP contribution >= 0.6 is 0 Å². The van der Waals surface area contributed by atoms with Crippen molar-refractivity contribution in [3.05, 3.63) is 46.9 Å². The van der Waals surface area contributed by atoms with Crippen LogP contribution in [0.25, 0.3) is 11.1 Å². The summed E-state index contributed by atoms with van der Waals surface area (Å²) in [6.07, 6.45) is 8.02. The fourth-order valence-electron chi connectivity index (χ4n) is 8.73. The van der Waals surface area contributed by atoms with Gasteiger partial charge in [-0.25, -0.2) is 8.78 Å². The van der Waals surface area contributed by atoms with Crippen LogP contribution in [0.5, 0.6) is 0 Å². The first-order chi connectivity index (χ1) is 21.8. The third-order valence-electron chi connectivity index (χ3n) is 11.2. The zero-order chi connectivity index (χ0) is 30.9. The zero-order valence-electron chi connectivity index (χ0n) is 26.4. The summed E-state index contributed by atoms with van der Waals surface area (Å²) in [6, 6.07) is 3.96. The average molecular weight is 619 g/mol. The third kappa shape index (κ3) is 5.16. The molecule has 3 aromatic rings. The Morgan fingerprint density at radius 2 is 1.93 bits per heavy atom. The first-order valence-corrected chi connectivity index (χ1v) is 16.8. The Balaban J connectivity index is 1.10. The van der Waals surface area contributed by atoms with Crippen molar-refractivity contribution >= 4 is 17.4 Å². The summed E-state index contributed by atoms with van der Waals surface area (Å²) >= 11 is 0. The van der Waals surface area contributed by atoms with Gasteiger partial charge < -0.3 is 20.0 Å². The summed E-state index contributed by atoms with van der Waals surface area (Å²) in [5.74, 6) is 1.72. The quantitative estimate of drug-likeness (QED) is 0.426. The zero-order valence-corrected chi connectivity index (χ0v) is 26.4. The Bertz CT molecular complexity index is 1590. The second kappa shape index (κ2) is 11.2. The number of benzene rings is 1. The molecule has 1 N–H and O–H groups in total. The minimum atomic E-state index is -2.61. The Kier molecular flexibility index (Phi) is 7.24. The number of rotatable bonds is 6. The lowest BCUT2D eigenvalue weighted by Gasteiger charge is -2.55. The summed E-state index contributed by atoms with van der Waals surface area (Å²) in [5, 5.41) is 13.0. The lowest BCUT2D eigenvalue weighted by atomic mass is 9.67. The molecule has 2 aromatic heterocycles. The first kappa shape index (κ1) is 29.1. The number of nitrogens with one attached hydrogen (secondary N) is 1. The van der Waals surface area contributed by atoms with Gasteiger partial charge in [0.05, 0.1) is 18.8 Å². The molecule has 5 aliphatic rings. The monoisotopic (exact) mass is 618 g/mol. The Morgan fingerprint density at radius 1 is 1.13 bits per heavy atom. The van der Waals surface area contributed by atoms with Crippen LogP contribution in [0, 0.1) is 11.3 Å². The van der Waals surface area contributed by atoms with Crippen molar-refractivity contribution in [3.63, 3.8) is 0 Å². The standard InChI is InChI=1S/C34H44F2N8O/c1-22(45)42-11-7-30-29(19-42)33(39-44(30)26-5-8-34(9-6-26)20-41(21-34)17-23-14-37-15-23)43-10-3-4-24-12-27(25-16-38-40(2)18-25)28(32(35)36)13-31(24)43/h12-13,16,18,23,26,32,37H,3-11,14-15,17,19-21H2,1-2H3. The van der Waals surface area contributed by atoms with Gasteiger partial charge in [-0.3, -0.25) is 14.2 Å². The van der Waals surface area contributed by atoms with Gasteiger partial charge in [0, 0.05) is 100 Å². The largest absolute Gasteiger partial charge is 0.338 e. The molecule has 0 unspecified atom stereocenters. The Morgan fingerprint density at radius 3 is 2.60 bits per heavy atom. The molecule has 0 radical (unpaired) electrons. The van der Waals surface area contributed by atoms with E-state index in [-0.39, 0.29) is 11.5 Å². The number of fused-ring (bicyclic) bond motifs is 2. The molecule has 0 bridgehead atoms. The molecule has 2 saturated heterocycles. The topological polar surface area (TPSA) is 74.5 Å². The van der Waals surface area contributed by atoms with Crippen LogP contribution in [0.15, 0.2) is 24.5 Å². The molecular weight excluding hydrogens is 574 g/mol. The molecule has 0 atom stereocenters. The number of anilines is 2. The van der Waals surface area contributed by atoms with E-state index in [9.17, 15) is 13.6 Å². The number of carbonyl (C=O) groups excluding carboxylic acids is 1. The van der Waals surface area contributed by atoms with Gasteiger partial charge in [0.1, 0.15) is 0 Å². The Labute approximate surface area is 263 Å². The van der Waals surface area contributed by atoms with Gasteiger partial charge in [-0.15, -0.1) is 0 Å². The number of alkyl halides is 2. The van der Waals surface area contributed by atoms with Gasteiger partial charge >= 0.3 is 0 Å². The van der Waals surface area contributed by atoms with Crippen molar-refractivity contribution in [2.24, 2.45) is 18.4 Å². The maximum absolute atomic E-state index is 14.6. The summed E-state index contributed by atoms with van der Waals surface area (Å²) in [7, 11) is 1.80. The third-order valence-corrected chi connectivity index (χ3v) is 11.2. The molecule has 1 spiro atoms.